The number of ether oxygens (including phenoxy) is 2. The van der Waals surface area contributed by atoms with E-state index in [1.807, 2.05) is 0 Å². The second-order valence-electron chi connectivity index (χ2n) is 6.80. The molecule has 0 bridgehead atoms. The van der Waals surface area contributed by atoms with Gasteiger partial charge in [-0.15, -0.1) is 0 Å². The molecule has 1 fully saturated rings. The van der Waals surface area contributed by atoms with Crippen molar-refractivity contribution in [2.75, 3.05) is 12.0 Å². The Kier molecular flexibility index (Phi) is 7.05. The molecule has 3 aromatic rings. The van der Waals surface area contributed by atoms with Crippen molar-refractivity contribution in [1.82, 2.24) is 0 Å². The van der Waals surface area contributed by atoms with Crippen LogP contribution in [0.5, 0.6) is 11.5 Å². The highest BCUT2D eigenvalue weighted by molar-refractivity contribution is 8.27. The molecular formula is C24H15Cl2NO4S2. The fourth-order valence-electron chi connectivity index (χ4n) is 3.01. The van der Waals surface area contributed by atoms with Gasteiger partial charge in [0.15, 0.2) is 4.32 Å². The molecule has 0 atom stereocenters. The van der Waals surface area contributed by atoms with Gasteiger partial charge in [-0.25, -0.2) is 4.79 Å². The molecule has 1 aliphatic heterocycles. The summed E-state index contributed by atoms with van der Waals surface area (Å²) in [7, 11) is 1.56. The number of benzene rings is 3. The summed E-state index contributed by atoms with van der Waals surface area (Å²) >= 11 is 18.8. The summed E-state index contributed by atoms with van der Waals surface area (Å²) in [6.07, 6.45) is 1.72. The molecule has 0 saturated carbocycles. The molecule has 166 valence electrons. The summed E-state index contributed by atoms with van der Waals surface area (Å²) in [6, 6.07) is 18.3. The third-order valence-corrected chi connectivity index (χ3v) is 6.50. The van der Waals surface area contributed by atoms with Gasteiger partial charge < -0.3 is 9.47 Å². The van der Waals surface area contributed by atoms with Gasteiger partial charge in [0.1, 0.15) is 11.5 Å². The number of methoxy groups -OCH3 is 1. The van der Waals surface area contributed by atoms with Crippen molar-refractivity contribution < 1.29 is 19.1 Å². The molecule has 0 spiro atoms. The molecule has 1 saturated heterocycles. The second-order valence-corrected chi connectivity index (χ2v) is 9.32. The van der Waals surface area contributed by atoms with E-state index in [4.69, 9.17) is 44.9 Å². The number of halogens is 2. The van der Waals surface area contributed by atoms with Crippen LogP contribution in [0.3, 0.4) is 0 Å². The van der Waals surface area contributed by atoms with Gasteiger partial charge in [0.25, 0.3) is 5.91 Å². The molecular weight excluding hydrogens is 501 g/mol. The van der Waals surface area contributed by atoms with Crippen LogP contribution in [0.2, 0.25) is 10.0 Å². The molecule has 5 nitrogen and oxygen atoms in total. The lowest BCUT2D eigenvalue weighted by Gasteiger charge is -2.16. The number of hydrogen-bond acceptors (Lipinski definition) is 6. The first-order valence-electron chi connectivity index (χ1n) is 9.55. The highest BCUT2D eigenvalue weighted by Crippen LogP contribution is 2.39. The van der Waals surface area contributed by atoms with Gasteiger partial charge >= 0.3 is 5.97 Å². The van der Waals surface area contributed by atoms with Gasteiger partial charge in [-0.2, -0.15) is 0 Å². The van der Waals surface area contributed by atoms with Crippen molar-refractivity contribution in [2.24, 2.45) is 0 Å². The third kappa shape index (κ3) is 5.23. The first-order valence-corrected chi connectivity index (χ1v) is 11.5. The predicted octanol–water partition coefficient (Wildman–Crippen LogP) is 6.63. The van der Waals surface area contributed by atoms with E-state index in [2.05, 4.69) is 0 Å². The smallest absolute Gasteiger partial charge is 0.343 e. The Morgan fingerprint density at radius 2 is 1.67 bits per heavy atom. The van der Waals surface area contributed by atoms with Gasteiger partial charge in [-0.1, -0.05) is 59.3 Å². The Balaban J connectivity index is 1.47. The number of rotatable bonds is 5. The number of carbonyl (C=O) groups is 2. The van der Waals surface area contributed by atoms with Crippen molar-refractivity contribution in [2.45, 2.75) is 0 Å². The van der Waals surface area contributed by atoms with Crippen molar-refractivity contribution >= 4 is 75.1 Å². The van der Waals surface area contributed by atoms with Crippen LogP contribution in [0.4, 0.5) is 5.69 Å². The van der Waals surface area contributed by atoms with E-state index in [-0.39, 0.29) is 5.91 Å². The Hall–Kier alpha value is -2.84. The quantitative estimate of drug-likeness (QED) is 0.164. The Bertz CT molecular complexity index is 1270. The molecule has 0 aromatic heterocycles. The molecule has 1 aliphatic rings. The normalized spacial score (nSPS) is 14.6. The van der Waals surface area contributed by atoms with Crippen molar-refractivity contribution in [3.63, 3.8) is 0 Å². The van der Waals surface area contributed by atoms with Gasteiger partial charge in [0, 0.05) is 5.02 Å². The maximum absolute atomic E-state index is 13.0. The zero-order valence-electron chi connectivity index (χ0n) is 17.1. The van der Waals surface area contributed by atoms with Gasteiger partial charge in [0.05, 0.1) is 28.3 Å². The minimum absolute atomic E-state index is 0.274. The maximum atomic E-state index is 13.0. The zero-order chi connectivity index (χ0) is 23.5. The van der Waals surface area contributed by atoms with E-state index in [9.17, 15) is 9.59 Å². The average Bonchev–Trinajstić information content (AvgIpc) is 3.08. The lowest BCUT2D eigenvalue weighted by molar-refractivity contribution is -0.113. The number of anilines is 1. The fraction of sp³-hybridized carbons (Fsp3) is 0.0417. The Labute approximate surface area is 209 Å². The topological polar surface area (TPSA) is 55.8 Å². The fourth-order valence-corrected chi connectivity index (χ4v) is 4.79. The van der Waals surface area contributed by atoms with Gasteiger partial charge in [-0.3, -0.25) is 9.69 Å². The van der Waals surface area contributed by atoms with Crippen LogP contribution in [0.15, 0.2) is 71.6 Å². The molecule has 0 aliphatic carbocycles. The van der Waals surface area contributed by atoms with E-state index in [0.29, 0.717) is 42.0 Å². The monoisotopic (exact) mass is 515 g/mol. The molecule has 0 unspecified atom stereocenters. The number of thiocarbonyl (C=S) groups is 1. The summed E-state index contributed by atoms with van der Waals surface area (Å²) in [5, 5.41) is 0.806. The summed E-state index contributed by atoms with van der Waals surface area (Å²) in [5.41, 5.74) is 1.64. The predicted molar refractivity (Wildman–Crippen MR) is 137 cm³/mol. The first-order chi connectivity index (χ1) is 15.9. The molecule has 33 heavy (non-hydrogen) atoms. The van der Waals surface area contributed by atoms with E-state index >= 15 is 0 Å². The molecule has 0 radical (unpaired) electrons. The number of esters is 1. The van der Waals surface area contributed by atoms with E-state index in [1.54, 1.807) is 79.9 Å². The lowest BCUT2D eigenvalue weighted by Crippen LogP contribution is -2.27. The molecule has 9 heteroatoms. The standard InChI is InChI=1S/C24H15Cl2NO4S2/c1-30-17-9-4-15(5-10-17)23(29)31-18-7-2-14(3-8-18)12-21-22(28)27(24(32)33-21)20-11-6-16(25)13-19(20)26/h2-13H,1H3/b21-12-. The van der Waals surface area contributed by atoms with Crippen LogP contribution in [0.1, 0.15) is 15.9 Å². The summed E-state index contributed by atoms with van der Waals surface area (Å²) in [4.78, 5) is 27.1. The SMILES string of the molecule is COc1ccc(C(=O)Oc2ccc(/C=C3\SC(=S)N(c4ccc(Cl)cc4Cl)C3=O)cc2)cc1. The summed E-state index contributed by atoms with van der Waals surface area (Å²) in [5.74, 6) is 0.281. The van der Waals surface area contributed by atoms with Crippen molar-refractivity contribution in [1.29, 1.82) is 0 Å². The molecule has 4 rings (SSSR count). The largest absolute Gasteiger partial charge is 0.497 e. The van der Waals surface area contributed by atoms with E-state index in [1.165, 1.54) is 16.7 Å². The second kappa shape index (κ2) is 9.97. The van der Waals surface area contributed by atoms with Crippen LogP contribution in [-0.4, -0.2) is 23.3 Å². The Morgan fingerprint density at radius 3 is 2.30 bits per heavy atom. The number of carbonyl (C=O) groups excluding carboxylic acids is 2. The number of nitrogens with zero attached hydrogens (tertiary/aromatic N) is 1. The molecule has 0 N–H and O–H groups in total. The highest BCUT2D eigenvalue weighted by Gasteiger charge is 2.34. The number of amides is 1. The minimum atomic E-state index is -0.480. The lowest BCUT2D eigenvalue weighted by atomic mass is 10.2. The van der Waals surface area contributed by atoms with Gasteiger partial charge in [-0.05, 0) is 66.2 Å². The van der Waals surface area contributed by atoms with Crippen LogP contribution < -0.4 is 14.4 Å². The number of hydrogen-bond donors (Lipinski definition) is 0. The van der Waals surface area contributed by atoms with Crippen LogP contribution >= 0.6 is 47.2 Å². The molecule has 3 aromatic carbocycles. The number of thioether (sulfide) groups is 1. The first kappa shape index (κ1) is 23.3. The maximum Gasteiger partial charge on any atom is 0.343 e. The van der Waals surface area contributed by atoms with E-state index < -0.39 is 5.97 Å². The van der Waals surface area contributed by atoms with Crippen molar-refractivity contribution in [3.8, 4) is 11.5 Å². The minimum Gasteiger partial charge on any atom is -0.497 e. The molecule has 1 heterocycles. The van der Waals surface area contributed by atoms with Crippen LogP contribution in [0.25, 0.3) is 6.08 Å². The Morgan fingerprint density at radius 1 is 1.00 bits per heavy atom. The van der Waals surface area contributed by atoms with Crippen LogP contribution in [0, 0.1) is 0 Å². The van der Waals surface area contributed by atoms with Gasteiger partial charge in [0.2, 0.25) is 0 Å². The van der Waals surface area contributed by atoms with Crippen molar-refractivity contribution in [3.05, 3.63) is 92.8 Å². The summed E-state index contributed by atoms with van der Waals surface area (Å²) < 4.78 is 10.9. The third-order valence-electron chi connectivity index (χ3n) is 4.66. The summed E-state index contributed by atoms with van der Waals surface area (Å²) in [6.45, 7) is 0. The van der Waals surface area contributed by atoms with E-state index in [0.717, 1.165) is 5.56 Å². The molecule has 1 amide bonds. The van der Waals surface area contributed by atoms with Crippen LogP contribution in [-0.2, 0) is 4.79 Å². The highest BCUT2D eigenvalue weighted by atomic mass is 35.5. The average molecular weight is 516 g/mol. The zero-order valence-corrected chi connectivity index (χ0v) is 20.2.